The van der Waals surface area contributed by atoms with Crippen LogP contribution >= 0.6 is 0 Å². The van der Waals surface area contributed by atoms with Crippen molar-refractivity contribution in [2.75, 3.05) is 25.1 Å². The second kappa shape index (κ2) is 9.84. The third-order valence-corrected chi connectivity index (χ3v) is 4.54. The molecule has 0 saturated carbocycles. The maximum Gasteiger partial charge on any atom is 0.337 e. The number of aromatic carboxylic acids is 1. The molecule has 1 amide bonds. The Morgan fingerprint density at radius 3 is 1.90 bits per heavy atom. The molecule has 3 rings (SSSR count). The van der Waals surface area contributed by atoms with E-state index in [1.807, 2.05) is 45.0 Å². The minimum absolute atomic E-state index is 0.00745. The summed E-state index contributed by atoms with van der Waals surface area (Å²) in [6.45, 7) is 6.67. The van der Waals surface area contributed by atoms with Crippen molar-refractivity contribution in [3.8, 4) is 17.2 Å². The number of carbonyl (C=O) groups excluding carboxylic acids is 1. The van der Waals surface area contributed by atoms with E-state index >= 15 is 0 Å². The van der Waals surface area contributed by atoms with E-state index in [9.17, 15) is 14.7 Å². The Balaban J connectivity index is 2.03. The van der Waals surface area contributed by atoms with E-state index in [1.54, 1.807) is 24.3 Å². The molecular weight excluding hydrogens is 398 g/mol. The zero-order chi connectivity index (χ0) is 22.4. The van der Waals surface area contributed by atoms with E-state index < -0.39 is 11.9 Å². The summed E-state index contributed by atoms with van der Waals surface area (Å²) in [6.07, 6.45) is 0. The number of fused-ring (bicyclic) bond motifs is 1. The van der Waals surface area contributed by atoms with Crippen LogP contribution in [0.5, 0.6) is 17.2 Å². The molecule has 0 radical (unpaired) electrons. The molecule has 3 aromatic rings. The van der Waals surface area contributed by atoms with Crippen molar-refractivity contribution in [3.05, 3.63) is 59.7 Å². The molecule has 2 N–H and O–H groups in total. The van der Waals surface area contributed by atoms with Crippen LogP contribution in [0.25, 0.3) is 10.8 Å². The van der Waals surface area contributed by atoms with Crippen LogP contribution in [0.15, 0.2) is 48.5 Å². The normalized spacial score (nSPS) is 10.5. The molecule has 0 heterocycles. The number of benzene rings is 3. The minimum Gasteiger partial charge on any atom is -0.490 e. The number of amides is 1. The number of rotatable bonds is 9. The van der Waals surface area contributed by atoms with Crippen LogP contribution in [-0.2, 0) is 0 Å². The number of carboxylic acid groups (broad SMARTS) is 1. The van der Waals surface area contributed by atoms with Gasteiger partial charge in [0.1, 0.15) is 0 Å². The van der Waals surface area contributed by atoms with Crippen molar-refractivity contribution in [2.24, 2.45) is 0 Å². The molecule has 0 aromatic heterocycles. The van der Waals surface area contributed by atoms with Crippen LogP contribution in [0.4, 0.5) is 5.69 Å². The summed E-state index contributed by atoms with van der Waals surface area (Å²) < 4.78 is 17.0. The average molecular weight is 423 g/mol. The van der Waals surface area contributed by atoms with Crippen molar-refractivity contribution >= 4 is 28.3 Å². The van der Waals surface area contributed by atoms with Crippen LogP contribution in [0.1, 0.15) is 41.5 Å². The lowest BCUT2D eigenvalue weighted by Gasteiger charge is -2.17. The molecule has 0 fully saturated rings. The van der Waals surface area contributed by atoms with Gasteiger partial charge in [-0.1, -0.05) is 24.3 Å². The van der Waals surface area contributed by atoms with Gasteiger partial charge in [0.2, 0.25) is 5.75 Å². The standard InChI is InChI=1S/C24H25NO6/c1-4-29-20-13-17(14-21(30-5-2)22(20)31-6-3)23(26)25-19-12-16-10-8-7-9-15(16)11-18(19)24(27)28/h7-14H,4-6H2,1-3H3,(H,25,26)(H,27,28). The fourth-order valence-electron chi connectivity index (χ4n) is 3.23. The summed E-state index contributed by atoms with van der Waals surface area (Å²) in [5.74, 6) is -0.407. The van der Waals surface area contributed by atoms with Crippen LogP contribution in [0.2, 0.25) is 0 Å². The fraction of sp³-hybridized carbons (Fsp3) is 0.250. The molecule has 0 unspecified atom stereocenters. The van der Waals surface area contributed by atoms with Crippen molar-refractivity contribution in [1.29, 1.82) is 0 Å². The number of carboxylic acids is 1. The zero-order valence-electron chi connectivity index (χ0n) is 17.7. The molecular formula is C24H25NO6. The Hall–Kier alpha value is -3.74. The molecule has 0 aliphatic carbocycles. The van der Waals surface area contributed by atoms with Crippen LogP contribution in [0.3, 0.4) is 0 Å². The van der Waals surface area contributed by atoms with Gasteiger partial charge in [-0.2, -0.15) is 0 Å². The van der Waals surface area contributed by atoms with Crippen LogP contribution < -0.4 is 19.5 Å². The first-order valence-corrected chi connectivity index (χ1v) is 10.1. The summed E-state index contributed by atoms with van der Waals surface area (Å²) in [6, 6.07) is 13.7. The van der Waals surface area contributed by atoms with Crippen molar-refractivity contribution in [3.63, 3.8) is 0 Å². The quantitative estimate of drug-likeness (QED) is 0.504. The Labute approximate surface area is 180 Å². The molecule has 7 nitrogen and oxygen atoms in total. The number of anilines is 1. The fourth-order valence-corrected chi connectivity index (χ4v) is 3.23. The number of ether oxygens (including phenoxy) is 3. The molecule has 0 atom stereocenters. The van der Waals surface area contributed by atoms with Gasteiger partial charge in [0.25, 0.3) is 5.91 Å². The Bertz CT molecular complexity index is 1080. The third kappa shape index (κ3) is 4.88. The molecule has 0 aliphatic rings. The lowest BCUT2D eigenvalue weighted by atomic mass is 10.0. The van der Waals surface area contributed by atoms with Gasteiger partial charge in [0, 0.05) is 5.56 Å². The second-order valence-corrected chi connectivity index (χ2v) is 6.60. The van der Waals surface area contributed by atoms with Gasteiger partial charge in [-0.25, -0.2) is 4.79 Å². The SMILES string of the molecule is CCOc1cc(C(=O)Nc2cc3ccccc3cc2C(=O)O)cc(OCC)c1OCC. The van der Waals surface area contributed by atoms with Crippen LogP contribution in [0, 0.1) is 0 Å². The molecule has 3 aromatic carbocycles. The monoisotopic (exact) mass is 423 g/mol. The zero-order valence-corrected chi connectivity index (χ0v) is 17.7. The summed E-state index contributed by atoms with van der Waals surface area (Å²) >= 11 is 0. The van der Waals surface area contributed by atoms with E-state index in [1.165, 1.54) is 0 Å². The van der Waals surface area contributed by atoms with E-state index in [-0.39, 0.29) is 16.8 Å². The van der Waals surface area contributed by atoms with Gasteiger partial charge in [0.15, 0.2) is 11.5 Å². The van der Waals surface area contributed by atoms with Crippen LogP contribution in [-0.4, -0.2) is 36.8 Å². The Kier molecular flexibility index (Phi) is 6.97. The van der Waals surface area contributed by atoms with E-state index in [0.717, 1.165) is 10.8 Å². The second-order valence-electron chi connectivity index (χ2n) is 6.60. The predicted octanol–water partition coefficient (Wildman–Crippen LogP) is 4.99. The Morgan fingerprint density at radius 1 is 0.839 bits per heavy atom. The van der Waals surface area contributed by atoms with Gasteiger partial charge in [0.05, 0.1) is 31.1 Å². The first kappa shape index (κ1) is 22.0. The van der Waals surface area contributed by atoms with Gasteiger partial charge in [-0.3, -0.25) is 4.79 Å². The highest BCUT2D eigenvalue weighted by Crippen LogP contribution is 2.39. The summed E-state index contributed by atoms with van der Waals surface area (Å²) in [5, 5.41) is 13.9. The lowest BCUT2D eigenvalue weighted by Crippen LogP contribution is -2.16. The summed E-state index contributed by atoms with van der Waals surface area (Å²) in [7, 11) is 0. The molecule has 0 bridgehead atoms. The van der Waals surface area contributed by atoms with E-state index in [0.29, 0.717) is 37.1 Å². The predicted molar refractivity (Wildman–Crippen MR) is 119 cm³/mol. The smallest absolute Gasteiger partial charge is 0.337 e. The van der Waals surface area contributed by atoms with Crippen molar-refractivity contribution in [2.45, 2.75) is 20.8 Å². The summed E-state index contributed by atoms with van der Waals surface area (Å²) in [4.78, 5) is 24.8. The molecule has 162 valence electrons. The van der Waals surface area contributed by atoms with Gasteiger partial charge >= 0.3 is 5.97 Å². The number of carbonyl (C=O) groups is 2. The van der Waals surface area contributed by atoms with Crippen molar-refractivity contribution < 1.29 is 28.9 Å². The first-order chi connectivity index (χ1) is 15.0. The molecule has 0 spiro atoms. The highest BCUT2D eigenvalue weighted by molar-refractivity contribution is 6.10. The van der Waals surface area contributed by atoms with Gasteiger partial charge in [-0.15, -0.1) is 0 Å². The van der Waals surface area contributed by atoms with E-state index in [4.69, 9.17) is 14.2 Å². The molecule has 0 aliphatic heterocycles. The maximum absolute atomic E-state index is 13.1. The molecule has 7 heteroatoms. The molecule has 31 heavy (non-hydrogen) atoms. The number of hydrogen-bond acceptors (Lipinski definition) is 5. The lowest BCUT2D eigenvalue weighted by molar-refractivity contribution is 0.0698. The van der Waals surface area contributed by atoms with Crippen molar-refractivity contribution in [1.82, 2.24) is 0 Å². The minimum atomic E-state index is -1.13. The first-order valence-electron chi connectivity index (χ1n) is 10.1. The van der Waals surface area contributed by atoms with E-state index in [2.05, 4.69) is 5.32 Å². The Morgan fingerprint density at radius 2 is 1.39 bits per heavy atom. The highest BCUT2D eigenvalue weighted by Gasteiger charge is 2.20. The number of hydrogen-bond donors (Lipinski definition) is 2. The highest BCUT2D eigenvalue weighted by atomic mass is 16.5. The topological polar surface area (TPSA) is 94.1 Å². The average Bonchev–Trinajstić information content (AvgIpc) is 2.75. The largest absolute Gasteiger partial charge is 0.490 e. The third-order valence-electron chi connectivity index (χ3n) is 4.54. The number of nitrogens with one attached hydrogen (secondary N) is 1. The van der Waals surface area contributed by atoms with Gasteiger partial charge < -0.3 is 24.6 Å². The summed E-state index contributed by atoms with van der Waals surface area (Å²) in [5.41, 5.74) is 0.480. The maximum atomic E-state index is 13.1. The molecule has 0 saturated heterocycles. The van der Waals surface area contributed by atoms with Gasteiger partial charge in [-0.05, 0) is 55.8 Å².